The summed E-state index contributed by atoms with van der Waals surface area (Å²) in [4.78, 5) is 62.8. The van der Waals surface area contributed by atoms with Gasteiger partial charge in [-0.3, -0.25) is 14.5 Å². The second-order valence-corrected chi connectivity index (χ2v) is 7.75. The number of rotatable bonds is 8. The molecule has 0 spiro atoms. The smallest absolute Gasteiger partial charge is 0.413 e. The van der Waals surface area contributed by atoms with Crippen molar-refractivity contribution in [2.75, 3.05) is 44.6 Å². The van der Waals surface area contributed by atoms with Crippen LogP contribution >= 0.6 is 11.3 Å². The normalized spacial score (nSPS) is 10.1. The minimum absolute atomic E-state index is 0.0456. The Balaban J connectivity index is 2.19. The van der Waals surface area contributed by atoms with E-state index in [9.17, 15) is 24.0 Å². The van der Waals surface area contributed by atoms with Crippen LogP contribution in [0.1, 0.15) is 42.9 Å². The van der Waals surface area contributed by atoms with E-state index in [4.69, 9.17) is 9.47 Å². The fourth-order valence-electron chi connectivity index (χ4n) is 2.93. The lowest BCUT2D eigenvalue weighted by Gasteiger charge is -2.18. The van der Waals surface area contributed by atoms with Gasteiger partial charge in [0.2, 0.25) is 0 Å². The Kier molecular flexibility index (Phi) is 9.13. The first-order valence-electron chi connectivity index (χ1n) is 10.1. The van der Waals surface area contributed by atoms with Crippen LogP contribution in [0.5, 0.6) is 0 Å². The highest BCUT2D eigenvalue weighted by Crippen LogP contribution is 2.33. The lowest BCUT2D eigenvalue weighted by Crippen LogP contribution is -2.28. The summed E-state index contributed by atoms with van der Waals surface area (Å²) in [6, 6.07) is 6.16. The number of ether oxygens (including phenoxy) is 3. The van der Waals surface area contributed by atoms with E-state index in [2.05, 4.69) is 15.4 Å². The third-order valence-electron chi connectivity index (χ3n) is 4.58. The molecule has 11 nitrogen and oxygen atoms in total. The fourth-order valence-corrected chi connectivity index (χ4v) is 4.08. The van der Waals surface area contributed by atoms with Gasteiger partial charge in [-0.25, -0.2) is 14.4 Å². The summed E-state index contributed by atoms with van der Waals surface area (Å²) in [6.45, 7) is 2.63. The first kappa shape index (κ1) is 26.3. The number of nitrogens with zero attached hydrogens (tertiary/aromatic N) is 1. The molecular formula is C22H25N3O8S. The maximum absolute atomic E-state index is 12.6. The molecule has 1 aromatic carbocycles. The van der Waals surface area contributed by atoms with Crippen LogP contribution in [0, 0.1) is 6.92 Å². The van der Waals surface area contributed by atoms with Gasteiger partial charge in [0.05, 0.1) is 35.4 Å². The summed E-state index contributed by atoms with van der Waals surface area (Å²) in [5.74, 6) is -2.70. The van der Waals surface area contributed by atoms with Crippen LogP contribution in [-0.4, -0.2) is 64.3 Å². The fraction of sp³-hybridized carbons (Fsp3) is 0.318. The molecule has 0 aliphatic heterocycles. The minimum atomic E-state index is -0.847. The van der Waals surface area contributed by atoms with Crippen LogP contribution < -0.4 is 15.5 Å². The monoisotopic (exact) mass is 491 g/mol. The summed E-state index contributed by atoms with van der Waals surface area (Å²) >= 11 is 0.901. The molecule has 2 N–H and O–H groups in total. The van der Waals surface area contributed by atoms with Crippen LogP contribution in [0.2, 0.25) is 0 Å². The molecule has 34 heavy (non-hydrogen) atoms. The number of thiophene rings is 1. The molecule has 0 atom stereocenters. The van der Waals surface area contributed by atoms with Crippen molar-refractivity contribution in [3.8, 4) is 0 Å². The van der Waals surface area contributed by atoms with Crippen molar-refractivity contribution >= 4 is 51.9 Å². The molecule has 0 aliphatic carbocycles. The number of nitrogens with one attached hydrogen (secondary N) is 2. The third kappa shape index (κ3) is 5.90. The highest BCUT2D eigenvalue weighted by Gasteiger charge is 2.27. The molecule has 2 rings (SSSR count). The van der Waals surface area contributed by atoms with E-state index >= 15 is 0 Å². The number of esters is 2. The van der Waals surface area contributed by atoms with Crippen LogP contribution in [0.4, 0.5) is 15.5 Å². The zero-order valence-corrected chi connectivity index (χ0v) is 20.2. The Morgan fingerprint density at radius 2 is 1.74 bits per heavy atom. The number of methoxy groups -OCH3 is 1. The predicted molar refractivity (Wildman–Crippen MR) is 125 cm³/mol. The number of carbonyl (C=O) groups is 5. The van der Waals surface area contributed by atoms with Crippen LogP contribution in [0.3, 0.4) is 0 Å². The maximum Gasteiger partial charge on any atom is 0.413 e. The van der Waals surface area contributed by atoms with Gasteiger partial charge in [0.1, 0.15) is 5.00 Å². The average molecular weight is 492 g/mol. The van der Waals surface area contributed by atoms with Gasteiger partial charge in [-0.05, 0) is 31.5 Å². The Morgan fingerprint density at radius 1 is 1.06 bits per heavy atom. The van der Waals surface area contributed by atoms with E-state index in [1.165, 1.54) is 33.3 Å². The lowest BCUT2D eigenvalue weighted by atomic mass is 10.1. The molecule has 0 aliphatic rings. The van der Waals surface area contributed by atoms with E-state index in [0.717, 1.165) is 16.2 Å². The van der Waals surface area contributed by atoms with Crippen molar-refractivity contribution in [1.82, 2.24) is 5.32 Å². The largest absolute Gasteiger partial charge is 0.462 e. The quantitative estimate of drug-likeness (QED) is 0.424. The Morgan fingerprint density at radius 3 is 2.35 bits per heavy atom. The Bertz CT molecular complexity index is 1110. The molecule has 1 aromatic heterocycles. The van der Waals surface area contributed by atoms with Crippen molar-refractivity contribution in [2.24, 2.45) is 0 Å². The van der Waals surface area contributed by atoms with Gasteiger partial charge in [-0.1, -0.05) is 12.1 Å². The van der Waals surface area contributed by atoms with Crippen LogP contribution in [0.15, 0.2) is 24.3 Å². The number of benzene rings is 1. The zero-order valence-electron chi connectivity index (χ0n) is 19.3. The van der Waals surface area contributed by atoms with Gasteiger partial charge >= 0.3 is 18.0 Å². The molecule has 182 valence electrons. The van der Waals surface area contributed by atoms with Crippen molar-refractivity contribution < 1.29 is 38.2 Å². The van der Waals surface area contributed by atoms with Gasteiger partial charge < -0.3 is 24.8 Å². The van der Waals surface area contributed by atoms with E-state index < -0.39 is 36.5 Å². The van der Waals surface area contributed by atoms with Gasteiger partial charge in [0.15, 0.2) is 6.61 Å². The molecule has 12 heteroatoms. The first-order chi connectivity index (χ1) is 16.2. The predicted octanol–water partition coefficient (Wildman–Crippen LogP) is 2.59. The summed E-state index contributed by atoms with van der Waals surface area (Å²) in [7, 11) is 4.07. The standard InChI is InChI=1S/C22H25N3O8S/c1-6-32-21(29)16-12(2)17(18(27)23-3)34-19(16)24-15(26)11-33-20(28)13-9-7-8-10-14(13)25(4)22(30)31-5/h7-10H,6,11H2,1-5H3,(H,23,27)(H,24,26). The minimum Gasteiger partial charge on any atom is -0.462 e. The maximum atomic E-state index is 12.6. The zero-order chi connectivity index (χ0) is 25.4. The van der Waals surface area contributed by atoms with Crippen molar-refractivity contribution in [3.05, 3.63) is 45.8 Å². The SMILES string of the molecule is CCOC(=O)c1c(NC(=O)COC(=O)c2ccccc2N(C)C(=O)OC)sc(C(=O)NC)c1C. The Hall–Kier alpha value is -3.93. The van der Waals surface area contributed by atoms with Gasteiger partial charge in [0, 0.05) is 14.1 Å². The molecular weight excluding hydrogens is 466 g/mol. The highest BCUT2D eigenvalue weighted by atomic mass is 32.1. The summed E-state index contributed by atoms with van der Waals surface area (Å²) in [5.41, 5.74) is 0.683. The molecule has 0 saturated carbocycles. The topological polar surface area (TPSA) is 140 Å². The molecule has 0 radical (unpaired) electrons. The third-order valence-corrected chi connectivity index (χ3v) is 5.79. The molecule has 0 saturated heterocycles. The molecule has 2 aromatic rings. The molecule has 3 amide bonds. The highest BCUT2D eigenvalue weighted by molar-refractivity contribution is 7.18. The second-order valence-electron chi connectivity index (χ2n) is 6.73. The first-order valence-corrected chi connectivity index (χ1v) is 10.9. The van der Waals surface area contributed by atoms with E-state index in [1.54, 1.807) is 26.0 Å². The van der Waals surface area contributed by atoms with E-state index in [-0.39, 0.29) is 33.3 Å². The number of hydrogen-bond donors (Lipinski definition) is 2. The van der Waals surface area contributed by atoms with E-state index in [0.29, 0.717) is 5.56 Å². The van der Waals surface area contributed by atoms with Gasteiger partial charge in [0.25, 0.3) is 11.8 Å². The number of para-hydroxylation sites is 1. The Labute approximate surface area is 200 Å². The van der Waals surface area contributed by atoms with E-state index in [1.807, 2.05) is 0 Å². The lowest BCUT2D eigenvalue weighted by molar-refractivity contribution is -0.119. The average Bonchev–Trinajstić information content (AvgIpc) is 3.16. The van der Waals surface area contributed by atoms with Crippen molar-refractivity contribution in [3.63, 3.8) is 0 Å². The van der Waals surface area contributed by atoms with Crippen LogP contribution in [0.25, 0.3) is 0 Å². The number of carbonyl (C=O) groups excluding carboxylic acids is 5. The summed E-state index contributed by atoms with van der Waals surface area (Å²) in [6.07, 6.45) is -0.690. The summed E-state index contributed by atoms with van der Waals surface area (Å²) in [5, 5.41) is 5.07. The number of amides is 3. The molecule has 0 unspecified atom stereocenters. The van der Waals surface area contributed by atoms with Crippen molar-refractivity contribution in [1.29, 1.82) is 0 Å². The summed E-state index contributed by atoms with van der Waals surface area (Å²) < 4.78 is 14.8. The molecule has 0 bridgehead atoms. The molecule has 0 fully saturated rings. The van der Waals surface area contributed by atoms with Crippen LogP contribution in [-0.2, 0) is 19.0 Å². The van der Waals surface area contributed by atoms with Gasteiger partial charge in [-0.2, -0.15) is 0 Å². The number of anilines is 2. The van der Waals surface area contributed by atoms with Crippen molar-refractivity contribution in [2.45, 2.75) is 13.8 Å². The number of hydrogen-bond acceptors (Lipinski definition) is 9. The van der Waals surface area contributed by atoms with Gasteiger partial charge in [-0.15, -0.1) is 11.3 Å². The second kappa shape index (κ2) is 11.8. The molecule has 1 heterocycles.